The minimum Gasteiger partial charge on any atom is -0.383 e. The van der Waals surface area contributed by atoms with Gasteiger partial charge in [-0.1, -0.05) is 30.0 Å². The molecule has 2 amide bonds. The van der Waals surface area contributed by atoms with E-state index in [4.69, 9.17) is 4.74 Å². The highest BCUT2D eigenvalue weighted by Crippen LogP contribution is 2.24. The summed E-state index contributed by atoms with van der Waals surface area (Å²) in [4.78, 5) is 28.4. The number of hydrogen-bond donors (Lipinski definition) is 2. The number of thioether (sulfide) groups is 1. The minimum absolute atomic E-state index is 0.119. The van der Waals surface area contributed by atoms with Crippen molar-refractivity contribution >= 4 is 34.4 Å². The van der Waals surface area contributed by atoms with E-state index < -0.39 is 5.25 Å². The number of carbonyl (C=O) groups excluding carboxylic acids is 2. The number of aliphatic imine (C=N–C) groups is 1. The summed E-state index contributed by atoms with van der Waals surface area (Å²) in [7, 11) is 1.60. The Morgan fingerprint density at radius 3 is 2.74 bits per heavy atom. The number of hydrogen-bond acceptors (Lipinski definition) is 5. The maximum absolute atomic E-state index is 12.2. The molecule has 2 rings (SSSR count). The van der Waals surface area contributed by atoms with Crippen molar-refractivity contribution in [2.45, 2.75) is 25.5 Å². The molecule has 7 heteroatoms. The van der Waals surface area contributed by atoms with Crippen molar-refractivity contribution in [3.8, 4) is 0 Å². The van der Waals surface area contributed by atoms with E-state index in [1.807, 2.05) is 32.0 Å². The van der Waals surface area contributed by atoms with Gasteiger partial charge in [-0.2, -0.15) is 0 Å². The quantitative estimate of drug-likeness (QED) is 0.778. The molecule has 1 aliphatic heterocycles. The van der Waals surface area contributed by atoms with Crippen molar-refractivity contribution < 1.29 is 14.3 Å². The zero-order chi connectivity index (χ0) is 16.8. The van der Waals surface area contributed by atoms with E-state index in [9.17, 15) is 9.59 Å². The lowest BCUT2D eigenvalue weighted by atomic mass is 10.1. The fraction of sp³-hybridized carbons (Fsp3) is 0.438. The second kappa shape index (κ2) is 8.12. The smallest absolute Gasteiger partial charge is 0.240 e. The fourth-order valence-corrected chi connectivity index (χ4v) is 3.22. The van der Waals surface area contributed by atoms with Crippen LogP contribution in [0.15, 0.2) is 23.2 Å². The maximum Gasteiger partial charge on any atom is 0.240 e. The number of methoxy groups -OCH3 is 1. The van der Waals surface area contributed by atoms with Gasteiger partial charge >= 0.3 is 0 Å². The van der Waals surface area contributed by atoms with Gasteiger partial charge in [0.05, 0.1) is 13.2 Å². The zero-order valence-electron chi connectivity index (χ0n) is 13.5. The van der Waals surface area contributed by atoms with Crippen LogP contribution < -0.4 is 10.6 Å². The lowest BCUT2D eigenvalue weighted by molar-refractivity contribution is -0.122. The Labute approximate surface area is 140 Å². The molecule has 124 valence electrons. The van der Waals surface area contributed by atoms with Crippen molar-refractivity contribution in [2.24, 2.45) is 4.99 Å². The van der Waals surface area contributed by atoms with Crippen LogP contribution in [0.2, 0.25) is 0 Å². The molecule has 1 fully saturated rings. The summed E-state index contributed by atoms with van der Waals surface area (Å²) >= 11 is 1.29. The Kier molecular flexibility index (Phi) is 6.18. The van der Waals surface area contributed by atoms with E-state index in [1.54, 1.807) is 7.11 Å². The van der Waals surface area contributed by atoms with Crippen molar-refractivity contribution in [3.05, 3.63) is 29.3 Å². The molecule has 1 heterocycles. The van der Waals surface area contributed by atoms with Crippen LogP contribution in [-0.2, 0) is 14.3 Å². The van der Waals surface area contributed by atoms with Crippen LogP contribution in [0, 0.1) is 13.8 Å². The van der Waals surface area contributed by atoms with Crippen LogP contribution in [0.5, 0.6) is 0 Å². The third kappa shape index (κ3) is 4.80. The third-order valence-electron chi connectivity index (χ3n) is 3.44. The summed E-state index contributed by atoms with van der Waals surface area (Å²) in [5.74, 6) is -0.351. The molecule has 2 N–H and O–H groups in total. The normalized spacial score (nSPS) is 19.0. The van der Waals surface area contributed by atoms with Gasteiger partial charge in [0.25, 0.3) is 0 Å². The number of amidine groups is 1. The monoisotopic (exact) mass is 335 g/mol. The number of amides is 2. The highest BCUT2D eigenvalue weighted by atomic mass is 32.2. The van der Waals surface area contributed by atoms with E-state index in [0.29, 0.717) is 18.3 Å². The molecular weight excluding hydrogens is 314 g/mol. The first-order valence-corrected chi connectivity index (χ1v) is 8.26. The highest BCUT2D eigenvalue weighted by Gasteiger charge is 2.32. The second-order valence-electron chi connectivity index (χ2n) is 5.29. The molecule has 6 nitrogen and oxygen atoms in total. The van der Waals surface area contributed by atoms with Crippen LogP contribution in [0.3, 0.4) is 0 Å². The fourth-order valence-electron chi connectivity index (χ4n) is 2.22. The SMILES string of the molecule is COCCN=C1NC(=O)C(CC(=O)Nc2c(C)cccc2C)S1. The van der Waals surface area contributed by atoms with Gasteiger partial charge in [0.2, 0.25) is 11.8 Å². The predicted molar refractivity (Wildman–Crippen MR) is 92.9 cm³/mol. The first-order chi connectivity index (χ1) is 11.0. The number of anilines is 1. The average Bonchev–Trinajstić information content (AvgIpc) is 2.83. The molecule has 0 bridgehead atoms. The summed E-state index contributed by atoms with van der Waals surface area (Å²) in [6.07, 6.45) is 0.119. The lowest BCUT2D eigenvalue weighted by Crippen LogP contribution is -2.28. The minimum atomic E-state index is -0.444. The summed E-state index contributed by atoms with van der Waals surface area (Å²) in [5.41, 5.74) is 2.82. The highest BCUT2D eigenvalue weighted by molar-refractivity contribution is 8.15. The Balaban J connectivity index is 1.93. The van der Waals surface area contributed by atoms with Crippen molar-refractivity contribution in [1.82, 2.24) is 5.32 Å². The van der Waals surface area contributed by atoms with Crippen LogP contribution in [0.1, 0.15) is 17.5 Å². The number of ether oxygens (including phenoxy) is 1. The van der Waals surface area contributed by atoms with E-state index >= 15 is 0 Å². The zero-order valence-corrected chi connectivity index (χ0v) is 14.3. The molecule has 0 spiro atoms. The predicted octanol–water partition coefficient (Wildman–Crippen LogP) is 1.87. The van der Waals surface area contributed by atoms with Gasteiger partial charge in [0.1, 0.15) is 5.25 Å². The molecule has 1 aliphatic rings. The molecule has 23 heavy (non-hydrogen) atoms. The van der Waals surface area contributed by atoms with Gasteiger partial charge in [0.15, 0.2) is 5.17 Å². The Bertz CT molecular complexity index is 611. The molecule has 0 aromatic heterocycles. The van der Waals surface area contributed by atoms with Gasteiger partial charge in [-0.05, 0) is 25.0 Å². The molecule has 1 aromatic rings. The first kappa shape index (κ1) is 17.5. The van der Waals surface area contributed by atoms with Gasteiger partial charge in [-0.15, -0.1) is 0 Å². The van der Waals surface area contributed by atoms with Gasteiger partial charge in [0, 0.05) is 19.2 Å². The Morgan fingerprint density at radius 1 is 1.39 bits per heavy atom. The molecule has 1 atom stereocenters. The van der Waals surface area contributed by atoms with E-state index in [0.717, 1.165) is 16.8 Å². The number of nitrogens with zero attached hydrogens (tertiary/aromatic N) is 1. The summed E-state index contributed by atoms with van der Waals surface area (Å²) in [6, 6.07) is 5.84. The number of carbonyl (C=O) groups is 2. The Hall–Kier alpha value is -1.86. The lowest BCUT2D eigenvalue weighted by Gasteiger charge is -2.12. The van der Waals surface area contributed by atoms with E-state index in [-0.39, 0.29) is 18.2 Å². The van der Waals surface area contributed by atoms with Crippen molar-refractivity contribution in [2.75, 3.05) is 25.6 Å². The molecule has 0 radical (unpaired) electrons. The molecule has 1 unspecified atom stereocenters. The molecule has 1 saturated heterocycles. The standard InChI is InChI=1S/C16H21N3O3S/c1-10-5-4-6-11(2)14(10)18-13(20)9-12-15(21)19-16(23-12)17-7-8-22-3/h4-6,12H,7-9H2,1-3H3,(H,18,20)(H,17,19,21). The summed E-state index contributed by atoms with van der Waals surface area (Å²) in [6.45, 7) is 4.87. The van der Waals surface area contributed by atoms with Crippen molar-refractivity contribution in [3.63, 3.8) is 0 Å². The molecule has 1 aromatic carbocycles. The number of benzene rings is 1. The maximum atomic E-state index is 12.2. The second-order valence-corrected chi connectivity index (χ2v) is 6.49. The molecule has 0 aliphatic carbocycles. The number of para-hydroxylation sites is 1. The topological polar surface area (TPSA) is 79.8 Å². The van der Waals surface area contributed by atoms with Crippen LogP contribution in [0.25, 0.3) is 0 Å². The molecular formula is C16H21N3O3S. The van der Waals surface area contributed by atoms with Crippen LogP contribution >= 0.6 is 11.8 Å². The summed E-state index contributed by atoms with van der Waals surface area (Å²) < 4.78 is 4.92. The average molecular weight is 335 g/mol. The molecule has 0 saturated carbocycles. The number of nitrogens with one attached hydrogen (secondary N) is 2. The summed E-state index contributed by atoms with van der Waals surface area (Å²) in [5, 5.41) is 5.70. The third-order valence-corrected chi connectivity index (χ3v) is 4.56. The van der Waals surface area contributed by atoms with E-state index in [2.05, 4.69) is 15.6 Å². The van der Waals surface area contributed by atoms with Crippen LogP contribution in [-0.4, -0.2) is 42.5 Å². The number of rotatable bonds is 6. The van der Waals surface area contributed by atoms with E-state index in [1.165, 1.54) is 11.8 Å². The van der Waals surface area contributed by atoms with Gasteiger partial charge in [-0.25, -0.2) is 0 Å². The first-order valence-electron chi connectivity index (χ1n) is 7.38. The van der Waals surface area contributed by atoms with Gasteiger partial charge < -0.3 is 15.4 Å². The van der Waals surface area contributed by atoms with Gasteiger partial charge in [-0.3, -0.25) is 14.6 Å². The largest absolute Gasteiger partial charge is 0.383 e. The number of aryl methyl sites for hydroxylation is 2. The Morgan fingerprint density at radius 2 is 2.09 bits per heavy atom. The van der Waals surface area contributed by atoms with Crippen LogP contribution in [0.4, 0.5) is 5.69 Å². The van der Waals surface area contributed by atoms with Crippen molar-refractivity contribution in [1.29, 1.82) is 0 Å².